The summed E-state index contributed by atoms with van der Waals surface area (Å²) in [5, 5.41) is -1.43. The second kappa shape index (κ2) is 17.8. The van der Waals surface area contributed by atoms with Gasteiger partial charge in [0.1, 0.15) is 11.1 Å². The van der Waals surface area contributed by atoms with E-state index in [1.165, 1.54) is 25.7 Å². The molecule has 2 saturated carbocycles. The molecule has 0 N–H and O–H groups in total. The highest BCUT2D eigenvalue weighted by atomic mass is 35.5. The fourth-order valence-electron chi connectivity index (χ4n) is 5.93. The molecular formula is C34H36Cl6O8. The minimum atomic E-state index is -1.63. The number of rotatable bonds is 16. The van der Waals surface area contributed by atoms with Crippen LogP contribution in [-0.4, -0.2) is 37.1 Å². The lowest BCUT2D eigenvalue weighted by molar-refractivity contribution is -0.156. The van der Waals surface area contributed by atoms with Crippen molar-refractivity contribution in [3.05, 3.63) is 53.4 Å². The molecule has 2 aliphatic rings. The molecule has 0 heterocycles. The van der Waals surface area contributed by atoms with Crippen molar-refractivity contribution in [3.8, 4) is 11.5 Å². The van der Waals surface area contributed by atoms with Crippen molar-refractivity contribution in [1.29, 1.82) is 0 Å². The number of hydrogen-bond acceptors (Lipinski definition) is 8. The van der Waals surface area contributed by atoms with Crippen LogP contribution >= 0.6 is 69.6 Å². The van der Waals surface area contributed by atoms with E-state index in [9.17, 15) is 19.2 Å². The van der Waals surface area contributed by atoms with Gasteiger partial charge in [0.15, 0.2) is 11.5 Å². The van der Waals surface area contributed by atoms with Crippen molar-refractivity contribution >= 4 is 93.5 Å². The predicted octanol–water partition coefficient (Wildman–Crippen LogP) is 10.9. The Morgan fingerprint density at radius 3 is 1.29 bits per heavy atom. The summed E-state index contributed by atoms with van der Waals surface area (Å²) >= 11 is 37.4. The Kier molecular flexibility index (Phi) is 14.4. The van der Waals surface area contributed by atoms with Crippen molar-refractivity contribution in [2.24, 2.45) is 23.7 Å². The highest BCUT2D eigenvalue weighted by Crippen LogP contribution is 2.46. The third-order valence-electron chi connectivity index (χ3n) is 8.58. The maximum absolute atomic E-state index is 13.1. The smallest absolute Gasteiger partial charge is 0.423 e. The highest BCUT2D eigenvalue weighted by molar-refractivity contribution is 6.47. The van der Waals surface area contributed by atoms with E-state index in [1.54, 1.807) is 0 Å². The molecule has 0 spiro atoms. The van der Waals surface area contributed by atoms with Gasteiger partial charge in [-0.25, -0.2) is 19.2 Å². The summed E-state index contributed by atoms with van der Waals surface area (Å²) < 4.78 is 21.1. The van der Waals surface area contributed by atoms with E-state index in [2.05, 4.69) is 13.8 Å². The van der Waals surface area contributed by atoms with Gasteiger partial charge in [-0.3, -0.25) is 0 Å². The molecule has 4 rings (SSSR count). The maximum Gasteiger partial charge on any atom is 0.423 e. The molecule has 2 aromatic carbocycles. The number of ether oxygens (including phenoxy) is 4. The average molecular weight is 785 g/mol. The molecule has 0 radical (unpaired) electrons. The Balaban J connectivity index is 1.42. The molecule has 8 nitrogen and oxygen atoms in total. The lowest BCUT2D eigenvalue weighted by Crippen LogP contribution is -2.27. The van der Waals surface area contributed by atoms with Gasteiger partial charge >= 0.3 is 23.9 Å². The Morgan fingerprint density at radius 2 is 0.938 bits per heavy atom. The quantitative estimate of drug-likeness (QED) is 0.0545. The molecule has 0 saturated heterocycles. The molecule has 14 heteroatoms. The van der Waals surface area contributed by atoms with Crippen molar-refractivity contribution in [2.45, 2.75) is 78.1 Å². The zero-order chi connectivity index (χ0) is 35.1. The molecular weight excluding hydrogens is 749 g/mol. The van der Waals surface area contributed by atoms with Gasteiger partial charge in [0, 0.05) is 0 Å². The van der Waals surface area contributed by atoms with Crippen LogP contribution in [0.5, 0.6) is 11.5 Å². The van der Waals surface area contributed by atoms with Crippen LogP contribution in [0.25, 0.3) is 0 Å². The number of halogens is 6. The van der Waals surface area contributed by atoms with Crippen molar-refractivity contribution < 1.29 is 38.1 Å². The highest BCUT2D eigenvalue weighted by Gasteiger charge is 2.36. The van der Waals surface area contributed by atoms with E-state index in [4.69, 9.17) is 88.6 Å². The first-order valence-corrected chi connectivity index (χ1v) is 18.3. The standard InChI is InChI=1S/C34H36Cl6O8/c1-3-7-17-13-19(17)9-5-11-45-31(41)25-27(39)21(35)15-23(37)29(25)47-33(43)34(44)48-30-24(38)16-22(36)28(40)26(30)32(42)46-12-6-10-20-14-18(20)8-4-2/h15-20H,3-14H2,1-2H3. The zero-order valence-corrected chi connectivity index (χ0v) is 31.0. The Hall–Kier alpha value is -1.94. The van der Waals surface area contributed by atoms with E-state index >= 15 is 0 Å². The lowest BCUT2D eigenvalue weighted by atomic mass is 10.1. The first-order valence-electron chi connectivity index (χ1n) is 16.0. The molecule has 0 amide bonds. The summed E-state index contributed by atoms with van der Waals surface area (Å²) in [5.74, 6) is -3.65. The molecule has 262 valence electrons. The lowest BCUT2D eigenvalue weighted by Gasteiger charge is -2.15. The summed E-state index contributed by atoms with van der Waals surface area (Å²) in [6, 6.07) is 2.27. The number of hydrogen-bond donors (Lipinski definition) is 0. The van der Waals surface area contributed by atoms with Gasteiger partial charge in [0.05, 0.1) is 43.3 Å². The topological polar surface area (TPSA) is 105 Å². The van der Waals surface area contributed by atoms with Gasteiger partial charge in [0.25, 0.3) is 0 Å². The summed E-state index contributed by atoms with van der Waals surface area (Å²) in [6.45, 7) is 4.46. The van der Waals surface area contributed by atoms with Crippen LogP contribution in [0.15, 0.2) is 12.1 Å². The minimum absolute atomic E-state index is 0.0821. The summed E-state index contributed by atoms with van der Waals surface area (Å²) in [6.07, 6.45) is 10.0. The molecule has 48 heavy (non-hydrogen) atoms. The van der Waals surface area contributed by atoms with E-state index in [-0.39, 0.29) is 43.3 Å². The van der Waals surface area contributed by atoms with E-state index < -0.39 is 46.5 Å². The van der Waals surface area contributed by atoms with Gasteiger partial charge in [-0.15, -0.1) is 0 Å². The summed E-state index contributed by atoms with van der Waals surface area (Å²) in [7, 11) is 0. The van der Waals surface area contributed by atoms with E-state index in [0.29, 0.717) is 36.5 Å². The molecule has 2 aromatic rings. The third-order valence-corrected chi connectivity index (χ3v) is 10.7. The number of esters is 4. The van der Waals surface area contributed by atoms with Crippen LogP contribution in [-0.2, 0) is 19.1 Å². The van der Waals surface area contributed by atoms with E-state index in [1.807, 2.05) is 0 Å². The molecule has 0 aliphatic heterocycles. The normalized spacial score (nSPS) is 19.4. The van der Waals surface area contributed by atoms with Crippen LogP contribution in [0.2, 0.25) is 30.1 Å². The number of carbonyl (C=O) groups is 4. The zero-order valence-electron chi connectivity index (χ0n) is 26.5. The first kappa shape index (κ1) is 38.9. The average Bonchev–Trinajstić information content (AvgIpc) is 3.96. The molecule has 0 aromatic heterocycles. The first-order chi connectivity index (χ1) is 22.9. The van der Waals surface area contributed by atoms with Gasteiger partial charge in [-0.1, -0.05) is 109 Å². The van der Waals surface area contributed by atoms with Crippen LogP contribution in [0.1, 0.15) is 98.8 Å². The van der Waals surface area contributed by atoms with E-state index in [0.717, 1.165) is 37.8 Å². The fourth-order valence-corrected chi connectivity index (χ4v) is 7.37. The van der Waals surface area contributed by atoms with Crippen LogP contribution < -0.4 is 9.47 Å². The Morgan fingerprint density at radius 1 is 0.583 bits per heavy atom. The monoisotopic (exact) mass is 782 g/mol. The van der Waals surface area contributed by atoms with Crippen LogP contribution in [0.4, 0.5) is 0 Å². The van der Waals surface area contributed by atoms with Crippen molar-refractivity contribution in [3.63, 3.8) is 0 Å². The van der Waals surface area contributed by atoms with Crippen LogP contribution in [0.3, 0.4) is 0 Å². The Labute approximate surface area is 309 Å². The summed E-state index contributed by atoms with van der Waals surface area (Å²) in [4.78, 5) is 52.0. The SMILES string of the molecule is CCCC1CC1CCCOC(=O)c1c(Cl)c(Cl)cc(Cl)c1OC(=O)C(=O)Oc1c(Cl)cc(Cl)c(Cl)c1C(=O)OCCCC1CC1CCC. The van der Waals surface area contributed by atoms with Gasteiger partial charge < -0.3 is 18.9 Å². The molecule has 4 unspecified atom stereocenters. The molecule has 4 atom stereocenters. The molecule has 0 bridgehead atoms. The second-order valence-electron chi connectivity index (χ2n) is 12.1. The Bertz CT molecular complexity index is 1430. The number of benzene rings is 2. The van der Waals surface area contributed by atoms with Gasteiger partial charge in [-0.05, 0) is 74.3 Å². The van der Waals surface area contributed by atoms with Gasteiger partial charge in [0.2, 0.25) is 0 Å². The fraction of sp³-hybridized carbons (Fsp3) is 0.529. The van der Waals surface area contributed by atoms with Crippen molar-refractivity contribution in [1.82, 2.24) is 0 Å². The minimum Gasteiger partial charge on any atom is -0.462 e. The van der Waals surface area contributed by atoms with Crippen LogP contribution in [0, 0.1) is 23.7 Å². The predicted molar refractivity (Wildman–Crippen MR) is 186 cm³/mol. The molecule has 2 fully saturated rings. The van der Waals surface area contributed by atoms with Gasteiger partial charge in [-0.2, -0.15) is 0 Å². The second-order valence-corrected chi connectivity index (χ2v) is 14.5. The number of carbonyl (C=O) groups excluding carboxylic acids is 4. The largest absolute Gasteiger partial charge is 0.462 e. The van der Waals surface area contributed by atoms with Crippen molar-refractivity contribution in [2.75, 3.05) is 13.2 Å². The maximum atomic E-state index is 13.1. The molecule has 2 aliphatic carbocycles. The summed E-state index contributed by atoms with van der Waals surface area (Å²) in [5.41, 5.74) is -0.899. The third kappa shape index (κ3) is 10.1.